The molecule has 2 aromatic rings. The lowest BCUT2D eigenvalue weighted by molar-refractivity contribution is 0.0367. The van der Waals surface area contributed by atoms with Crippen LogP contribution in [0, 0.1) is 13.8 Å². The van der Waals surface area contributed by atoms with Crippen LogP contribution in [0.5, 0.6) is 0 Å². The summed E-state index contributed by atoms with van der Waals surface area (Å²) in [6, 6.07) is 1.98. The van der Waals surface area contributed by atoms with E-state index in [0.717, 1.165) is 35.4 Å². The van der Waals surface area contributed by atoms with Crippen molar-refractivity contribution in [1.29, 1.82) is 0 Å². The van der Waals surface area contributed by atoms with Crippen LogP contribution in [0.15, 0.2) is 18.5 Å². The average Bonchev–Trinajstić information content (AvgIpc) is 2.54. The normalized spacial score (nSPS) is 18.3. The van der Waals surface area contributed by atoms with Crippen molar-refractivity contribution in [2.45, 2.75) is 20.0 Å². The second-order valence-corrected chi connectivity index (χ2v) is 5.30. The number of aromatic nitrogens is 4. The summed E-state index contributed by atoms with van der Waals surface area (Å²) >= 11 is 0. The van der Waals surface area contributed by atoms with Crippen molar-refractivity contribution < 1.29 is 4.74 Å². The Balaban J connectivity index is 1.85. The zero-order valence-corrected chi connectivity index (χ0v) is 13.1. The van der Waals surface area contributed by atoms with Crippen molar-refractivity contribution in [2.24, 2.45) is 0 Å². The van der Waals surface area contributed by atoms with Gasteiger partial charge in [0.1, 0.15) is 17.6 Å². The molecule has 3 heterocycles. The maximum absolute atomic E-state index is 5.88. The van der Waals surface area contributed by atoms with Crippen LogP contribution < -0.4 is 10.2 Å². The van der Waals surface area contributed by atoms with Gasteiger partial charge in [-0.15, -0.1) is 0 Å². The Hall–Kier alpha value is -2.28. The number of ether oxygens (including phenoxy) is 1. The van der Waals surface area contributed by atoms with Crippen LogP contribution in [0.1, 0.15) is 23.2 Å². The molecular weight excluding hydrogens is 280 g/mol. The second-order valence-electron chi connectivity index (χ2n) is 5.30. The summed E-state index contributed by atoms with van der Waals surface area (Å²) in [4.78, 5) is 19.9. The molecule has 3 rings (SSSR count). The van der Waals surface area contributed by atoms with E-state index in [2.05, 4.69) is 30.2 Å². The molecule has 1 fully saturated rings. The second kappa shape index (κ2) is 6.23. The van der Waals surface area contributed by atoms with Gasteiger partial charge in [-0.25, -0.2) is 15.0 Å². The zero-order chi connectivity index (χ0) is 15.5. The minimum atomic E-state index is -0.144. The molecule has 116 valence electrons. The minimum Gasteiger partial charge on any atom is -0.372 e. The van der Waals surface area contributed by atoms with Gasteiger partial charge < -0.3 is 15.0 Å². The summed E-state index contributed by atoms with van der Waals surface area (Å²) in [5, 5.41) is 3.06. The van der Waals surface area contributed by atoms with Gasteiger partial charge in [0.2, 0.25) is 5.95 Å². The molecule has 1 aliphatic rings. The van der Waals surface area contributed by atoms with E-state index in [0.29, 0.717) is 13.2 Å². The number of rotatable bonds is 3. The monoisotopic (exact) mass is 300 g/mol. The van der Waals surface area contributed by atoms with E-state index in [-0.39, 0.29) is 6.10 Å². The van der Waals surface area contributed by atoms with E-state index in [4.69, 9.17) is 4.74 Å². The zero-order valence-electron chi connectivity index (χ0n) is 13.1. The van der Waals surface area contributed by atoms with Crippen molar-refractivity contribution >= 4 is 11.8 Å². The fourth-order valence-corrected chi connectivity index (χ4v) is 2.62. The molecule has 0 bridgehead atoms. The van der Waals surface area contributed by atoms with Gasteiger partial charge in [-0.05, 0) is 19.9 Å². The van der Waals surface area contributed by atoms with Gasteiger partial charge in [-0.1, -0.05) is 0 Å². The molecule has 1 aliphatic heterocycles. The van der Waals surface area contributed by atoms with Crippen LogP contribution in [0.25, 0.3) is 0 Å². The van der Waals surface area contributed by atoms with E-state index in [1.807, 2.05) is 27.0 Å². The first-order valence-electron chi connectivity index (χ1n) is 7.35. The average molecular weight is 300 g/mol. The number of nitrogens with zero attached hydrogens (tertiary/aromatic N) is 5. The highest BCUT2D eigenvalue weighted by molar-refractivity contribution is 5.42. The molecule has 0 spiro atoms. The quantitative estimate of drug-likeness (QED) is 0.920. The Morgan fingerprint density at radius 2 is 1.91 bits per heavy atom. The highest BCUT2D eigenvalue weighted by atomic mass is 16.5. The lowest BCUT2D eigenvalue weighted by atomic mass is 10.2. The number of aryl methyl sites for hydroxylation is 2. The topological polar surface area (TPSA) is 76.1 Å². The van der Waals surface area contributed by atoms with E-state index >= 15 is 0 Å². The fraction of sp³-hybridized carbons (Fsp3) is 0.467. The van der Waals surface area contributed by atoms with Gasteiger partial charge >= 0.3 is 0 Å². The maximum atomic E-state index is 5.88. The summed E-state index contributed by atoms with van der Waals surface area (Å²) in [5.41, 5.74) is 2.76. The smallest absolute Gasteiger partial charge is 0.225 e. The van der Waals surface area contributed by atoms with Crippen molar-refractivity contribution in [3.05, 3.63) is 35.5 Å². The highest BCUT2D eigenvalue weighted by Crippen LogP contribution is 2.26. The van der Waals surface area contributed by atoms with Gasteiger partial charge in [0, 0.05) is 37.4 Å². The van der Waals surface area contributed by atoms with Gasteiger partial charge in [-0.2, -0.15) is 0 Å². The summed E-state index contributed by atoms with van der Waals surface area (Å²) in [7, 11) is 1.83. The predicted octanol–water partition coefficient (Wildman–Crippen LogP) is 1.50. The van der Waals surface area contributed by atoms with Crippen LogP contribution in [-0.4, -0.2) is 46.7 Å². The maximum Gasteiger partial charge on any atom is 0.225 e. The Bertz CT molecular complexity index is 642. The first-order chi connectivity index (χ1) is 10.7. The van der Waals surface area contributed by atoms with Crippen LogP contribution in [0.3, 0.4) is 0 Å². The molecular formula is C15H20N6O. The Labute approximate surface area is 129 Å². The number of hydrogen-bond acceptors (Lipinski definition) is 7. The molecule has 0 aromatic carbocycles. The third-order valence-corrected chi connectivity index (χ3v) is 3.59. The molecule has 7 heteroatoms. The first-order valence-corrected chi connectivity index (χ1v) is 7.35. The number of nitrogens with one attached hydrogen (secondary N) is 1. The third kappa shape index (κ3) is 2.99. The first kappa shape index (κ1) is 14.6. The third-order valence-electron chi connectivity index (χ3n) is 3.59. The number of hydrogen-bond donors (Lipinski definition) is 1. The Morgan fingerprint density at radius 3 is 2.64 bits per heavy atom. The highest BCUT2D eigenvalue weighted by Gasteiger charge is 2.27. The fourth-order valence-electron chi connectivity index (χ4n) is 2.62. The standard InChI is InChI=1S/C15H20N6O/c1-10-8-11(2)20-15(19-10)21-6-7-22-12(9-21)13-14(16-3)18-5-4-17-13/h4-5,8,12H,6-7,9H2,1-3H3,(H,16,18)/t12-/m1/s1. The minimum absolute atomic E-state index is 0.144. The lowest BCUT2D eigenvalue weighted by Gasteiger charge is -2.33. The number of morpholine rings is 1. The van der Waals surface area contributed by atoms with Crippen LogP contribution in [0.2, 0.25) is 0 Å². The molecule has 1 atom stereocenters. The molecule has 0 amide bonds. The van der Waals surface area contributed by atoms with E-state index < -0.39 is 0 Å². The molecule has 0 aliphatic carbocycles. The molecule has 0 saturated carbocycles. The molecule has 1 saturated heterocycles. The van der Waals surface area contributed by atoms with Crippen molar-refractivity contribution in [1.82, 2.24) is 19.9 Å². The molecule has 0 unspecified atom stereocenters. The van der Waals surface area contributed by atoms with E-state index in [1.54, 1.807) is 12.4 Å². The molecule has 22 heavy (non-hydrogen) atoms. The lowest BCUT2D eigenvalue weighted by Crippen LogP contribution is -2.40. The van der Waals surface area contributed by atoms with Gasteiger partial charge in [0.05, 0.1) is 13.2 Å². The van der Waals surface area contributed by atoms with Gasteiger partial charge in [0.15, 0.2) is 0 Å². The summed E-state index contributed by atoms with van der Waals surface area (Å²) in [6.07, 6.45) is 3.21. The Kier molecular flexibility index (Phi) is 4.15. The predicted molar refractivity (Wildman–Crippen MR) is 84.0 cm³/mol. The van der Waals surface area contributed by atoms with Crippen molar-refractivity contribution in [3.8, 4) is 0 Å². The number of anilines is 2. The molecule has 0 radical (unpaired) electrons. The van der Waals surface area contributed by atoms with Crippen LogP contribution in [-0.2, 0) is 4.74 Å². The van der Waals surface area contributed by atoms with E-state index in [9.17, 15) is 0 Å². The Morgan fingerprint density at radius 1 is 1.18 bits per heavy atom. The summed E-state index contributed by atoms with van der Waals surface area (Å²) < 4.78 is 5.88. The molecule has 7 nitrogen and oxygen atoms in total. The SMILES string of the molecule is CNc1nccnc1[C@H]1CN(c2nc(C)cc(C)n2)CCO1. The van der Waals surface area contributed by atoms with Crippen molar-refractivity contribution in [2.75, 3.05) is 37.0 Å². The van der Waals surface area contributed by atoms with Gasteiger partial charge in [0.25, 0.3) is 0 Å². The largest absolute Gasteiger partial charge is 0.372 e. The molecule has 2 aromatic heterocycles. The van der Waals surface area contributed by atoms with Gasteiger partial charge in [-0.3, -0.25) is 4.98 Å². The summed E-state index contributed by atoms with van der Waals surface area (Å²) in [5.74, 6) is 1.50. The molecule has 1 N–H and O–H groups in total. The summed E-state index contributed by atoms with van der Waals surface area (Å²) in [6.45, 7) is 6.02. The van der Waals surface area contributed by atoms with Crippen molar-refractivity contribution in [3.63, 3.8) is 0 Å². The van der Waals surface area contributed by atoms with Crippen LogP contribution in [0.4, 0.5) is 11.8 Å². The van der Waals surface area contributed by atoms with E-state index in [1.165, 1.54) is 0 Å². The van der Waals surface area contributed by atoms with Crippen LogP contribution >= 0.6 is 0 Å².